The van der Waals surface area contributed by atoms with E-state index < -0.39 is 0 Å². The number of halogens is 2. The Morgan fingerprint density at radius 1 is 1.43 bits per heavy atom. The van der Waals surface area contributed by atoms with E-state index in [2.05, 4.69) is 22.5 Å². The van der Waals surface area contributed by atoms with Crippen molar-refractivity contribution in [1.29, 1.82) is 0 Å². The Balaban J connectivity index is 1.43. The molecule has 0 radical (unpaired) electrons. The molecule has 156 valence electrons. The van der Waals surface area contributed by atoms with Gasteiger partial charge in [-0.1, -0.05) is 30.7 Å². The molecular formula is C22H22ClFN4OS. The lowest BCUT2D eigenvalue weighted by atomic mass is 9.90. The maximum atomic E-state index is 13.1. The minimum Gasteiger partial charge on any atom is -0.266 e. The van der Waals surface area contributed by atoms with E-state index in [9.17, 15) is 9.18 Å². The quantitative estimate of drug-likeness (QED) is 0.445. The van der Waals surface area contributed by atoms with E-state index in [1.807, 2.05) is 13.0 Å². The Bertz CT molecular complexity index is 1100. The van der Waals surface area contributed by atoms with Crippen LogP contribution in [0, 0.1) is 18.7 Å². The first-order valence-corrected chi connectivity index (χ1v) is 11.0. The summed E-state index contributed by atoms with van der Waals surface area (Å²) in [6, 6.07) is 8.18. The summed E-state index contributed by atoms with van der Waals surface area (Å²) in [5.41, 5.74) is 6.09. The van der Waals surface area contributed by atoms with Gasteiger partial charge < -0.3 is 0 Å². The first-order chi connectivity index (χ1) is 14.4. The molecule has 1 amide bonds. The lowest BCUT2D eigenvalue weighted by Crippen LogP contribution is -2.16. The molecular weight excluding hydrogens is 423 g/mol. The molecule has 0 aliphatic heterocycles. The standard InChI is InChI=1S/C22H22ClFN4OS/c1-13-3-8-19-16(9-13)10-20(30-19)22(29)26-25-11-18-14(2)27-28(21(18)23)12-15-4-6-17(24)7-5-15/h4-7,10-11,13H,3,8-9,12H2,1-2H3,(H,26,29). The van der Waals surface area contributed by atoms with Gasteiger partial charge in [-0.2, -0.15) is 10.2 Å². The van der Waals surface area contributed by atoms with E-state index in [4.69, 9.17) is 11.6 Å². The van der Waals surface area contributed by atoms with Gasteiger partial charge in [0.05, 0.1) is 28.9 Å². The Morgan fingerprint density at radius 2 is 2.20 bits per heavy atom. The molecule has 1 unspecified atom stereocenters. The summed E-state index contributed by atoms with van der Waals surface area (Å²) in [5.74, 6) is 0.162. The van der Waals surface area contributed by atoms with E-state index in [1.165, 1.54) is 35.2 Å². The third-order valence-corrected chi connectivity index (χ3v) is 6.90. The van der Waals surface area contributed by atoms with Crippen LogP contribution in [0.2, 0.25) is 5.15 Å². The second-order valence-electron chi connectivity index (χ2n) is 7.68. The Labute approximate surface area is 183 Å². The number of rotatable bonds is 5. The smallest absolute Gasteiger partial charge is 0.266 e. The number of nitrogens with zero attached hydrogens (tertiary/aromatic N) is 3. The predicted molar refractivity (Wildman–Crippen MR) is 118 cm³/mol. The van der Waals surface area contributed by atoms with Gasteiger partial charge in [-0.15, -0.1) is 11.3 Å². The first kappa shape index (κ1) is 20.8. The second kappa shape index (κ2) is 8.70. The first-order valence-electron chi connectivity index (χ1n) is 9.83. The minimum absolute atomic E-state index is 0.217. The van der Waals surface area contributed by atoms with Crippen LogP contribution in [0.4, 0.5) is 4.39 Å². The predicted octanol–water partition coefficient (Wildman–Crippen LogP) is 4.98. The van der Waals surface area contributed by atoms with Crippen LogP contribution >= 0.6 is 22.9 Å². The molecule has 4 rings (SSSR count). The van der Waals surface area contributed by atoms with Crippen molar-refractivity contribution in [3.63, 3.8) is 0 Å². The van der Waals surface area contributed by atoms with Crippen molar-refractivity contribution in [3.05, 3.63) is 73.4 Å². The zero-order valence-electron chi connectivity index (χ0n) is 16.8. The van der Waals surface area contributed by atoms with Gasteiger partial charge >= 0.3 is 0 Å². The molecule has 0 bridgehead atoms. The fourth-order valence-corrected chi connectivity index (χ4v) is 4.99. The van der Waals surface area contributed by atoms with Crippen molar-refractivity contribution in [1.82, 2.24) is 15.2 Å². The number of nitrogens with one attached hydrogen (secondary N) is 1. The Kier molecular flexibility index (Phi) is 6.01. The van der Waals surface area contributed by atoms with Crippen LogP contribution in [0.1, 0.15) is 50.3 Å². The molecule has 0 saturated carbocycles. The number of hydrazone groups is 1. The number of carbonyl (C=O) groups is 1. The molecule has 1 N–H and O–H groups in total. The third kappa shape index (κ3) is 4.47. The highest BCUT2D eigenvalue weighted by molar-refractivity contribution is 7.14. The highest BCUT2D eigenvalue weighted by atomic mass is 35.5. The molecule has 8 heteroatoms. The molecule has 2 heterocycles. The normalized spacial score (nSPS) is 16.1. The fourth-order valence-electron chi connectivity index (χ4n) is 3.61. The largest absolute Gasteiger partial charge is 0.281 e. The summed E-state index contributed by atoms with van der Waals surface area (Å²) in [4.78, 5) is 14.5. The Morgan fingerprint density at radius 3 is 2.97 bits per heavy atom. The van der Waals surface area contributed by atoms with Gasteiger partial charge in [-0.25, -0.2) is 14.5 Å². The van der Waals surface area contributed by atoms with Crippen LogP contribution in [0.15, 0.2) is 35.4 Å². The molecule has 1 aromatic carbocycles. The zero-order valence-corrected chi connectivity index (χ0v) is 18.4. The van der Waals surface area contributed by atoms with Gasteiger partial charge in [0, 0.05) is 4.88 Å². The molecule has 2 aromatic heterocycles. The van der Waals surface area contributed by atoms with Gasteiger partial charge in [0.2, 0.25) is 0 Å². The molecule has 1 aliphatic rings. The summed E-state index contributed by atoms with van der Waals surface area (Å²) < 4.78 is 14.7. The van der Waals surface area contributed by atoms with Crippen molar-refractivity contribution < 1.29 is 9.18 Å². The number of amides is 1. The topological polar surface area (TPSA) is 59.3 Å². The van der Waals surface area contributed by atoms with E-state index in [0.29, 0.717) is 33.8 Å². The number of aromatic nitrogens is 2. The minimum atomic E-state index is -0.286. The molecule has 0 spiro atoms. The van der Waals surface area contributed by atoms with Crippen LogP contribution in [0.25, 0.3) is 0 Å². The molecule has 1 atom stereocenters. The van der Waals surface area contributed by atoms with E-state index in [0.717, 1.165) is 18.4 Å². The van der Waals surface area contributed by atoms with Gasteiger partial charge in [-0.05, 0) is 61.4 Å². The number of fused-ring (bicyclic) bond motifs is 1. The number of hydrogen-bond acceptors (Lipinski definition) is 4. The van der Waals surface area contributed by atoms with Gasteiger partial charge in [0.15, 0.2) is 0 Å². The fraction of sp³-hybridized carbons (Fsp3) is 0.318. The van der Waals surface area contributed by atoms with Crippen molar-refractivity contribution in [2.75, 3.05) is 0 Å². The molecule has 1 aliphatic carbocycles. The third-order valence-electron chi connectivity index (χ3n) is 5.27. The van der Waals surface area contributed by atoms with Crippen LogP contribution in [-0.2, 0) is 19.4 Å². The molecule has 0 fully saturated rings. The van der Waals surface area contributed by atoms with E-state index in [-0.39, 0.29) is 11.7 Å². The average molecular weight is 445 g/mol. The summed E-state index contributed by atoms with van der Waals surface area (Å²) in [5, 5.41) is 8.92. The van der Waals surface area contributed by atoms with Crippen molar-refractivity contribution in [2.24, 2.45) is 11.0 Å². The number of benzene rings is 1. The van der Waals surface area contributed by atoms with Gasteiger partial charge in [0.1, 0.15) is 11.0 Å². The number of hydrogen-bond donors (Lipinski definition) is 1. The summed E-state index contributed by atoms with van der Waals surface area (Å²) in [6.45, 7) is 4.48. The van der Waals surface area contributed by atoms with E-state index in [1.54, 1.807) is 28.2 Å². The molecule has 3 aromatic rings. The van der Waals surface area contributed by atoms with Crippen molar-refractivity contribution >= 4 is 35.1 Å². The van der Waals surface area contributed by atoms with Crippen LogP contribution in [0.5, 0.6) is 0 Å². The second-order valence-corrected chi connectivity index (χ2v) is 9.17. The van der Waals surface area contributed by atoms with Crippen molar-refractivity contribution in [3.8, 4) is 0 Å². The summed E-state index contributed by atoms with van der Waals surface area (Å²) in [7, 11) is 0. The summed E-state index contributed by atoms with van der Waals surface area (Å²) >= 11 is 8.00. The van der Waals surface area contributed by atoms with Gasteiger partial charge in [-0.3, -0.25) is 4.79 Å². The number of carbonyl (C=O) groups excluding carboxylic acids is 1. The highest BCUT2D eigenvalue weighted by Crippen LogP contribution is 2.32. The molecule has 5 nitrogen and oxygen atoms in total. The molecule has 30 heavy (non-hydrogen) atoms. The monoisotopic (exact) mass is 444 g/mol. The lowest BCUT2D eigenvalue weighted by molar-refractivity contribution is 0.0959. The lowest BCUT2D eigenvalue weighted by Gasteiger charge is -2.16. The van der Waals surface area contributed by atoms with E-state index >= 15 is 0 Å². The molecule has 0 saturated heterocycles. The van der Waals surface area contributed by atoms with Gasteiger partial charge in [0.25, 0.3) is 5.91 Å². The average Bonchev–Trinajstić information content (AvgIpc) is 3.25. The maximum absolute atomic E-state index is 13.1. The van der Waals surface area contributed by atoms with Crippen LogP contribution < -0.4 is 5.43 Å². The van der Waals surface area contributed by atoms with Crippen LogP contribution in [0.3, 0.4) is 0 Å². The van der Waals surface area contributed by atoms with Crippen LogP contribution in [-0.4, -0.2) is 21.9 Å². The highest BCUT2D eigenvalue weighted by Gasteiger charge is 2.20. The SMILES string of the molecule is Cc1nn(Cc2ccc(F)cc2)c(Cl)c1C=NNC(=O)c1cc2c(s1)CCC(C)C2. The summed E-state index contributed by atoms with van der Waals surface area (Å²) in [6.07, 6.45) is 4.76. The zero-order chi connectivity index (χ0) is 21.3. The number of thiophene rings is 1. The Hall–Kier alpha value is -2.51. The number of aryl methyl sites for hydroxylation is 2. The van der Waals surface area contributed by atoms with Crippen molar-refractivity contribution in [2.45, 2.75) is 39.7 Å². The maximum Gasteiger partial charge on any atom is 0.281 e.